The minimum absolute atomic E-state index is 0.0745. The molecule has 0 aromatic carbocycles. The summed E-state index contributed by atoms with van der Waals surface area (Å²) in [5, 5.41) is 7.15. The number of carbonyl (C=O) groups excluding carboxylic acids is 1. The van der Waals surface area contributed by atoms with Crippen LogP contribution >= 0.6 is 0 Å². The molecule has 1 aliphatic rings. The Balaban J connectivity index is 1.72. The second kappa shape index (κ2) is 7.33. The number of aromatic amines is 1. The monoisotopic (exact) mass is 343 g/mol. The Morgan fingerprint density at radius 2 is 2.16 bits per heavy atom. The summed E-state index contributed by atoms with van der Waals surface area (Å²) < 4.78 is 1.31. The van der Waals surface area contributed by atoms with E-state index in [-0.39, 0.29) is 23.1 Å². The van der Waals surface area contributed by atoms with Crippen molar-refractivity contribution >= 4 is 11.7 Å². The van der Waals surface area contributed by atoms with Gasteiger partial charge in [0.2, 0.25) is 0 Å². The summed E-state index contributed by atoms with van der Waals surface area (Å²) in [6.07, 6.45) is 4.51. The Morgan fingerprint density at radius 3 is 2.92 bits per heavy atom. The van der Waals surface area contributed by atoms with Gasteiger partial charge in [-0.15, -0.1) is 0 Å². The lowest BCUT2D eigenvalue weighted by atomic mass is 10.0. The maximum atomic E-state index is 12.2. The first-order valence-electron chi connectivity index (χ1n) is 8.33. The van der Waals surface area contributed by atoms with Crippen molar-refractivity contribution in [2.45, 2.75) is 25.3 Å². The molecule has 8 heteroatoms. The van der Waals surface area contributed by atoms with E-state index < -0.39 is 5.56 Å². The van der Waals surface area contributed by atoms with Crippen molar-refractivity contribution < 1.29 is 4.79 Å². The van der Waals surface area contributed by atoms with Crippen LogP contribution in [-0.2, 0) is 7.05 Å². The third-order valence-electron chi connectivity index (χ3n) is 4.43. The van der Waals surface area contributed by atoms with Gasteiger partial charge in [0.15, 0.2) is 0 Å². The molecule has 1 fully saturated rings. The Morgan fingerprint density at radius 1 is 1.32 bits per heavy atom. The first-order chi connectivity index (χ1) is 12.1. The van der Waals surface area contributed by atoms with Crippen molar-refractivity contribution in [3.8, 4) is 0 Å². The Labute approximate surface area is 144 Å². The molecule has 8 nitrogen and oxygen atoms in total. The van der Waals surface area contributed by atoms with Gasteiger partial charge in [0.05, 0.1) is 0 Å². The van der Waals surface area contributed by atoms with Crippen LogP contribution in [-0.4, -0.2) is 39.8 Å². The minimum atomic E-state index is -0.403. The lowest BCUT2D eigenvalue weighted by Crippen LogP contribution is -2.48. The van der Waals surface area contributed by atoms with Crippen LogP contribution < -0.4 is 21.3 Å². The molecule has 1 unspecified atom stereocenters. The van der Waals surface area contributed by atoms with Gasteiger partial charge in [-0.25, -0.2) is 4.68 Å². The fourth-order valence-electron chi connectivity index (χ4n) is 3.06. The molecule has 3 heterocycles. The van der Waals surface area contributed by atoms with Gasteiger partial charge in [0, 0.05) is 38.4 Å². The third kappa shape index (κ3) is 3.78. The number of amides is 1. The highest BCUT2D eigenvalue weighted by molar-refractivity contribution is 5.93. The number of hydrogen-bond acceptors (Lipinski definition) is 5. The average Bonchev–Trinajstić information content (AvgIpc) is 2.63. The maximum Gasteiger partial charge on any atom is 0.266 e. The molecule has 132 valence electrons. The molecule has 0 bridgehead atoms. The highest BCUT2D eigenvalue weighted by Crippen LogP contribution is 2.21. The van der Waals surface area contributed by atoms with Gasteiger partial charge < -0.3 is 15.2 Å². The van der Waals surface area contributed by atoms with E-state index in [1.54, 1.807) is 19.2 Å². The minimum Gasteiger partial charge on any atom is -0.350 e. The predicted molar refractivity (Wildman–Crippen MR) is 93.9 cm³/mol. The predicted octanol–water partition coefficient (Wildman–Crippen LogP) is 0.258. The van der Waals surface area contributed by atoms with Crippen LogP contribution in [0.25, 0.3) is 0 Å². The second-order valence-corrected chi connectivity index (χ2v) is 6.12. The van der Waals surface area contributed by atoms with Gasteiger partial charge >= 0.3 is 0 Å². The van der Waals surface area contributed by atoms with Crippen molar-refractivity contribution in [1.82, 2.24) is 20.1 Å². The maximum absolute atomic E-state index is 12.2. The van der Waals surface area contributed by atoms with E-state index in [4.69, 9.17) is 0 Å². The van der Waals surface area contributed by atoms with Gasteiger partial charge in [-0.1, -0.05) is 0 Å². The SMILES string of the molecule is Cn1nc(N2CCCCC2CNC(=O)c2ccc[nH]c2=O)ccc1=O. The van der Waals surface area contributed by atoms with Crippen LogP contribution in [0.15, 0.2) is 40.1 Å². The molecule has 2 N–H and O–H groups in total. The second-order valence-electron chi connectivity index (χ2n) is 6.12. The molecule has 0 aliphatic carbocycles. The number of piperidine rings is 1. The highest BCUT2D eigenvalue weighted by Gasteiger charge is 2.25. The summed E-state index contributed by atoms with van der Waals surface area (Å²) in [4.78, 5) is 40.1. The molecular formula is C17H21N5O3. The first-order valence-corrected chi connectivity index (χ1v) is 8.33. The summed E-state index contributed by atoms with van der Waals surface area (Å²) in [5.74, 6) is 0.333. The van der Waals surface area contributed by atoms with Crippen molar-refractivity contribution in [2.24, 2.45) is 7.05 Å². The molecule has 2 aromatic rings. The number of hydrogen-bond donors (Lipinski definition) is 2. The smallest absolute Gasteiger partial charge is 0.266 e. The van der Waals surface area contributed by atoms with E-state index in [1.807, 2.05) is 0 Å². The zero-order valence-electron chi connectivity index (χ0n) is 14.1. The number of nitrogens with zero attached hydrogens (tertiary/aromatic N) is 3. The van der Waals surface area contributed by atoms with E-state index in [0.717, 1.165) is 31.6 Å². The van der Waals surface area contributed by atoms with Crippen molar-refractivity contribution in [3.05, 3.63) is 56.7 Å². The first kappa shape index (κ1) is 16.9. The van der Waals surface area contributed by atoms with Gasteiger partial charge in [0.25, 0.3) is 17.0 Å². The van der Waals surface area contributed by atoms with E-state index in [0.29, 0.717) is 6.54 Å². The van der Waals surface area contributed by atoms with Crippen LogP contribution in [0.4, 0.5) is 5.82 Å². The topological polar surface area (TPSA) is 100 Å². The molecule has 2 aromatic heterocycles. The number of rotatable bonds is 4. The largest absolute Gasteiger partial charge is 0.350 e. The van der Waals surface area contributed by atoms with E-state index in [2.05, 4.69) is 20.3 Å². The molecule has 0 saturated carbocycles. The third-order valence-corrected chi connectivity index (χ3v) is 4.43. The lowest BCUT2D eigenvalue weighted by molar-refractivity contribution is 0.0948. The molecule has 1 atom stereocenters. The molecule has 0 spiro atoms. The molecular weight excluding hydrogens is 322 g/mol. The summed E-state index contributed by atoms with van der Waals surface area (Å²) in [6.45, 7) is 1.23. The molecule has 1 aliphatic heterocycles. The van der Waals surface area contributed by atoms with E-state index in [1.165, 1.54) is 23.0 Å². The molecule has 1 saturated heterocycles. The quantitative estimate of drug-likeness (QED) is 0.829. The van der Waals surface area contributed by atoms with Gasteiger partial charge in [-0.2, -0.15) is 5.10 Å². The summed E-state index contributed by atoms with van der Waals surface area (Å²) in [6, 6.07) is 6.41. The van der Waals surface area contributed by atoms with Crippen molar-refractivity contribution in [3.63, 3.8) is 0 Å². The van der Waals surface area contributed by atoms with Crippen LogP contribution in [0.5, 0.6) is 0 Å². The molecule has 25 heavy (non-hydrogen) atoms. The number of pyridine rings is 1. The number of aromatic nitrogens is 3. The number of H-pyrrole nitrogens is 1. The zero-order chi connectivity index (χ0) is 17.8. The number of aryl methyl sites for hydroxylation is 1. The van der Waals surface area contributed by atoms with Crippen molar-refractivity contribution in [2.75, 3.05) is 18.0 Å². The standard InChI is InChI=1S/C17H21N5O3/c1-21-15(23)8-7-14(20-21)22-10-3-2-5-12(22)11-19-17(25)13-6-4-9-18-16(13)24/h4,6-9,12H,2-3,5,10-11H2,1H3,(H,18,24)(H,19,25). The summed E-state index contributed by atoms with van der Waals surface area (Å²) in [7, 11) is 1.62. The number of carbonyl (C=O) groups is 1. The van der Waals surface area contributed by atoms with Crippen LogP contribution in [0, 0.1) is 0 Å². The Bertz CT molecular complexity index is 873. The summed E-state index contributed by atoms with van der Waals surface area (Å²) >= 11 is 0. The van der Waals surface area contributed by atoms with Crippen molar-refractivity contribution in [1.29, 1.82) is 0 Å². The fraction of sp³-hybridized carbons (Fsp3) is 0.412. The Kier molecular flexibility index (Phi) is 4.97. The van der Waals surface area contributed by atoms with Gasteiger partial charge in [-0.05, 0) is 37.5 Å². The van der Waals surface area contributed by atoms with Crippen LogP contribution in [0.2, 0.25) is 0 Å². The Hall–Kier alpha value is -2.90. The lowest BCUT2D eigenvalue weighted by Gasteiger charge is -2.36. The fourth-order valence-corrected chi connectivity index (χ4v) is 3.06. The van der Waals surface area contributed by atoms with Crippen LogP contribution in [0.1, 0.15) is 29.6 Å². The molecule has 3 rings (SSSR count). The van der Waals surface area contributed by atoms with Gasteiger partial charge in [-0.3, -0.25) is 14.4 Å². The highest BCUT2D eigenvalue weighted by atomic mass is 16.2. The van der Waals surface area contributed by atoms with E-state index in [9.17, 15) is 14.4 Å². The van der Waals surface area contributed by atoms with E-state index >= 15 is 0 Å². The van der Waals surface area contributed by atoms with Crippen LogP contribution in [0.3, 0.4) is 0 Å². The molecule has 0 radical (unpaired) electrons. The molecule has 1 amide bonds. The zero-order valence-corrected chi connectivity index (χ0v) is 14.1. The van der Waals surface area contributed by atoms with Gasteiger partial charge in [0.1, 0.15) is 11.4 Å². The normalized spacial score (nSPS) is 17.3. The summed E-state index contributed by atoms with van der Waals surface area (Å²) in [5.41, 5.74) is -0.459. The number of anilines is 1. The average molecular weight is 343 g/mol. The number of nitrogens with one attached hydrogen (secondary N) is 2.